The highest BCUT2D eigenvalue weighted by Crippen LogP contribution is 2.49. The summed E-state index contributed by atoms with van der Waals surface area (Å²) in [5.41, 5.74) is 1.06. The number of fused-ring (bicyclic) bond motifs is 1. The van der Waals surface area contributed by atoms with Crippen molar-refractivity contribution in [1.29, 1.82) is 0 Å². The lowest BCUT2D eigenvalue weighted by Gasteiger charge is -2.38. The quantitative estimate of drug-likeness (QED) is 0.547. The topological polar surface area (TPSA) is 60.9 Å². The molecule has 6 rings (SSSR count). The van der Waals surface area contributed by atoms with Crippen LogP contribution in [-0.2, 0) is 14.4 Å². The Bertz CT molecular complexity index is 877. The molecule has 0 radical (unpaired) electrons. The third-order valence-corrected chi connectivity index (χ3v) is 7.44. The zero-order chi connectivity index (χ0) is 20.8. The molecular weight excluding hydrogens is 402 g/mol. The Labute approximate surface area is 181 Å². The fourth-order valence-corrected chi connectivity index (χ4v) is 5.79. The van der Waals surface area contributed by atoms with Gasteiger partial charge in [-0.1, -0.05) is 29.8 Å². The molecule has 0 N–H and O–H groups in total. The molecule has 3 amide bonds. The summed E-state index contributed by atoms with van der Waals surface area (Å²) in [6, 6.07) is 7.74. The lowest BCUT2D eigenvalue weighted by molar-refractivity contribution is -0.141. The number of carbonyl (C=O) groups is 3. The SMILES string of the molecule is O=C(CCN1C(=O)[C@H]2[C@H](C1=O)[C@H]1C=C[C@H]2CC1)N1CCN(c2cccc(Cl)c2)CC1. The van der Waals surface area contributed by atoms with Gasteiger partial charge >= 0.3 is 0 Å². The first-order chi connectivity index (χ1) is 14.5. The van der Waals surface area contributed by atoms with Crippen molar-refractivity contribution in [3.8, 4) is 0 Å². The molecule has 2 aliphatic heterocycles. The van der Waals surface area contributed by atoms with Gasteiger partial charge in [-0.05, 0) is 42.9 Å². The van der Waals surface area contributed by atoms with Crippen molar-refractivity contribution >= 4 is 35.0 Å². The van der Waals surface area contributed by atoms with Crippen LogP contribution in [0.25, 0.3) is 0 Å². The second-order valence-electron chi connectivity index (χ2n) is 8.77. The average Bonchev–Trinajstić information content (AvgIpc) is 3.05. The minimum Gasteiger partial charge on any atom is -0.368 e. The van der Waals surface area contributed by atoms with Crippen LogP contribution in [0.4, 0.5) is 5.69 Å². The third kappa shape index (κ3) is 3.31. The molecule has 158 valence electrons. The molecule has 2 bridgehead atoms. The Morgan fingerprint density at radius 1 is 0.967 bits per heavy atom. The molecule has 30 heavy (non-hydrogen) atoms. The largest absolute Gasteiger partial charge is 0.368 e. The maximum atomic E-state index is 12.9. The van der Waals surface area contributed by atoms with Gasteiger partial charge < -0.3 is 9.80 Å². The van der Waals surface area contributed by atoms with Gasteiger partial charge in [-0.15, -0.1) is 0 Å². The third-order valence-electron chi connectivity index (χ3n) is 7.21. The first-order valence-corrected chi connectivity index (χ1v) is 11.2. The summed E-state index contributed by atoms with van der Waals surface area (Å²) >= 11 is 6.08. The minimum absolute atomic E-state index is 0.0114. The Hall–Kier alpha value is -2.34. The van der Waals surface area contributed by atoms with E-state index in [0.717, 1.165) is 31.6 Å². The van der Waals surface area contributed by atoms with Crippen LogP contribution >= 0.6 is 11.6 Å². The predicted molar refractivity (Wildman–Crippen MR) is 114 cm³/mol. The molecule has 2 heterocycles. The zero-order valence-electron chi connectivity index (χ0n) is 16.9. The van der Waals surface area contributed by atoms with E-state index >= 15 is 0 Å². The molecule has 5 aliphatic rings. The number of piperazine rings is 1. The first-order valence-electron chi connectivity index (χ1n) is 10.8. The molecule has 4 atom stereocenters. The number of amides is 3. The van der Waals surface area contributed by atoms with Crippen molar-refractivity contribution in [3.63, 3.8) is 0 Å². The number of anilines is 1. The molecular formula is C23H26ClN3O3. The second kappa shape index (κ2) is 7.73. The van der Waals surface area contributed by atoms with Crippen molar-refractivity contribution in [3.05, 3.63) is 41.4 Å². The number of carbonyl (C=O) groups excluding carboxylic acids is 3. The number of benzene rings is 1. The van der Waals surface area contributed by atoms with Crippen LogP contribution in [0.1, 0.15) is 19.3 Å². The van der Waals surface area contributed by atoms with Gasteiger partial charge in [-0.3, -0.25) is 19.3 Å². The monoisotopic (exact) mass is 427 g/mol. The molecule has 1 aromatic rings. The van der Waals surface area contributed by atoms with E-state index < -0.39 is 0 Å². The number of halogens is 1. The number of hydrogen-bond acceptors (Lipinski definition) is 4. The molecule has 7 heteroatoms. The van der Waals surface area contributed by atoms with E-state index in [1.165, 1.54) is 4.90 Å². The van der Waals surface area contributed by atoms with Gasteiger partial charge in [0.25, 0.3) is 0 Å². The second-order valence-corrected chi connectivity index (χ2v) is 9.20. The van der Waals surface area contributed by atoms with Crippen LogP contribution in [0.3, 0.4) is 0 Å². The van der Waals surface area contributed by atoms with Gasteiger partial charge in [0, 0.05) is 49.9 Å². The highest BCUT2D eigenvalue weighted by molar-refractivity contribution is 6.30. The molecule has 1 aromatic carbocycles. The zero-order valence-corrected chi connectivity index (χ0v) is 17.6. The Morgan fingerprint density at radius 3 is 2.17 bits per heavy atom. The van der Waals surface area contributed by atoms with Gasteiger partial charge in [0.2, 0.25) is 17.7 Å². The van der Waals surface area contributed by atoms with Crippen LogP contribution in [0.5, 0.6) is 0 Å². The minimum atomic E-state index is -0.197. The van der Waals surface area contributed by atoms with Crippen molar-refractivity contribution in [2.75, 3.05) is 37.6 Å². The number of rotatable bonds is 4. The highest BCUT2D eigenvalue weighted by Gasteiger charge is 2.56. The summed E-state index contributed by atoms with van der Waals surface area (Å²) < 4.78 is 0. The molecule has 0 aromatic heterocycles. The molecule has 6 nitrogen and oxygen atoms in total. The lowest BCUT2D eigenvalue weighted by atomic mass is 9.63. The Balaban J connectivity index is 1.16. The molecule has 2 saturated heterocycles. The average molecular weight is 428 g/mol. The van der Waals surface area contributed by atoms with Crippen LogP contribution in [-0.4, -0.2) is 60.2 Å². The summed E-state index contributed by atoms with van der Waals surface area (Å²) in [6.45, 7) is 2.95. The summed E-state index contributed by atoms with van der Waals surface area (Å²) in [5.74, 6) is -0.133. The van der Waals surface area contributed by atoms with E-state index in [-0.39, 0.29) is 54.4 Å². The summed E-state index contributed by atoms with van der Waals surface area (Å²) in [6.07, 6.45) is 6.43. The van der Waals surface area contributed by atoms with Crippen molar-refractivity contribution < 1.29 is 14.4 Å². The Morgan fingerprint density at radius 2 is 1.60 bits per heavy atom. The standard InChI is InChI=1S/C23H26ClN3O3/c24-17-2-1-3-18(14-17)25-10-12-26(13-11-25)19(28)8-9-27-22(29)20-15-4-5-16(7-6-15)21(20)23(27)30/h1-5,14-16,20-21H,6-13H2/t15-,16-,20+,21+/m0/s1. The lowest BCUT2D eigenvalue weighted by Crippen LogP contribution is -2.49. The summed E-state index contributed by atoms with van der Waals surface area (Å²) in [5, 5.41) is 0.704. The van der Waals surface area contributed by atoms with Crippen molar-refractivity contribution in [2.24, 2.45) is 23.7 Å². The van der Waals surface area contributed by atoms with Crippen LogP contribution < -0.4 is 4.90 Å². The van der Waals surface area contributed by atoms with Crippen molar-refractivity contribution in [1.82, 2.24) is 9.80 Å². The van der Waals surface area contributed by atoms with Gasteiger partial charge in [-0.25, -0.2) is 0 Å². The maximum Gasteiger partial charge on any atom is 0.233 e. The van der Waals surface area contributed by atoms with Gasteiger partial charge in [0.05, 0.1) is 11.8 Å². The molecule has 3 fully saturated rings. The highest BCUT2D eigenvalue weighted by atomic mass is 35.5. The van der Waals surface area contributed by atoms with Gasteiger partial charge in [0.1, 0.15) is 0 Å². The number of hydrogen-bond donors (Lipinski definition) is 0. The summed E-state index contributed by atoms with van der Waals surface area (Å²) in [7, 11) is 0. The van der Waals surface area contributed by atoms with Crippen molar-refractivity contribution in [2.45, 2.75) is 19.3 Å². The van der Waals surface area contributed by atoms with Crippen LogP contribution in [0, 0.1) is 23.7 Å². The number of nitrogens with zero attached hydrogens (tertiary/aromatic N) is 3. The first kappa shape index (κ1) is 19.6. The Kier molecular flexibility index (Phi) is 5.05. The van der Waals surface area contributed by atoms with E-state index in [0.29, 0.717) is 18.1 Å². The summed E-state index contributed by atoms with van der Waals surface area (Å²) in [4.78, 5) is 43.9. The molecule has 1 saturated carbocycles. The van der Waals surface area contributed by atoms with E-state index in [1.54, 1.807) is 0 Å². The molecule has 0 spiro atoms. The van der Waals surface area contributed by atoms with E-state index in [1.807, 2.05) is 29.2 Å². The van der Waals surface area contributed by atoms with E-state index in [4.69, 9.17) is 11.6 Å². The maximum absolute atomic E-state index is 12.9. The number of imide groups is 1. The van der Waals surface area contributed by atoms with Crippen LogP contribution in [0.15, 0.2) is 36.4 Å². The number of allylic oxidation sites excluding steroid dienone is 2. The normalized spacial score (nSPS) is 30.2. The van der Waals surface area contributed by atoms with Gasteiger partial charge in [0.15, 0.2) is 0 Å². The van der Waals surface area contributed by atoms with Crippen LogP contribution in [0.2, 0.25) is 5.02 Å². The fourth-order valence-electron chi connectivity index (χ4n) is 5.61. The van der Waals surface area contributed by atoms with E-state index in [9.17, 15) is 14.4 Å². The smallest absolute Gasteiger partial charge is 0.233 e. The fraction of sp³-hybridized carbons (Fsp3) is 0.522. The van der Waals surface area contributed by atoms with E-state index in [2.05, 4.69) is 17.1 Å². The molecule has 0 unspecified atom stereocenters. The molecule has 3 aliphatic carbocycles. The predicted octanol–water partition coefficient (Wildman–Crippen LogP) is 2.58. The number of likely N-dealkylation sites (tertiary alicyclic amines) is 1. The van der Waals surface area contributed by atoms with Gasteiger partial charge in [-0.2, -0.15) is 0 Å².